The summed E-state index contributed by atoms with van der Waals surface area (Å²) in [6.07, 6.45) is 6.33. The number of aromatic nitrogens is 2. The van der Waals surface area contributed by atoms with Gasteiger partial charge in [0, 0.05) is 37.8 Å². The lowest BCUT2D eigenvalue weighted by Gasteiger charge is -2.24. The van der Waals surface area contributed by atoms with Gasteiger partial charge >= 0.3 is 0 Å². The number of benzene rings is 1. The molecule has 0 fully saturated rings. The van der Waals surface area contributed by atoms with Crippen molar-refractivity contribution in [3.05, 3.63) is 48.5 Å². The summed E-state index contributed by atoms with van der Waals surface area (Å²) in [4.78, 5) is 4.05. The zero-order valence-corrected chi connectivity index (χ0v) is 12.2. The van der Waals surface area contributed by atoms with Gasteiger partial charge in [-0.25, -0.2) is 4.98 Å². The molecule has 2 N–H and O–H groups in total. The van der Waals surface area contributed by atoms with E-state index in [1.807, 2.05) is 10.8 Å². The van der Waals surface area contributed by atoms with E-state index in [2.05, 4.69) is 48.4 Å². The average molecular weight is 273 g/mol. The Kier molecular flexibility index (Phi) is 4.93. The molecule has 0 unspecified atom stereocenters. The largest absolute Gasteiger partial charge is 0.396 e. The zero-order chi connectivity index (χ0) is 14.4. The summed E-state index contributed by atoms with van der Waals surface area (Å²) in [6.45, 7) is 6.32. The summed E-state index contributed by atoms with van der Waals surface area (Å²) in [7, 11) is 0. The monoisotopic (exact) mass is 273 g/mol. The van der Waals surface area contributed by atoms with Crippen LogP contribution in [-0.4, -0.2) is 27.8 Å². The minimum absolute atomic E-state index is 0.130. The molecule has 0 aliphatic rings. The van der Waals surface area contributed by atoms with E-state index in [1.165, 1.54) is 5.56 Å². The van der Waals surface area contributed by atoms with Crippen LogP contribution in [0.5, 0.6) is 0 Å². The number of imidazole rings is 1. The number of aliphatic hydroxyl groups excluding tert-OH is 1. The maximum Gasteiger partial charge on any atom is 0.0991 e. The van der Waals surface area contributed by atoms with Gasteiger partial charge in [-0.1, -0.05) is 26.0 Å². The van der Waals surface area contributed by atoms with Crippen LogP contribution in [0, 0.1) is 5.41 Å². The first-order valence-electron chi connectivity index (χ1n) is 7.00. The normalized spacial score (nSPS) is 11.8. The third-order valence-corrected chi connectivity index (χ3v) is 3.46. The summed E-state index contributed by atoms with van der Waals surface area (Å²) >= 11 is 0. The van der Waals surface area contributed by atoms with Gasteiger partial charge < -0.3 is 15.0 Å². The summed E-state index contributed by atoms with van der Waals surface area (Å²) in [6, 6.07) is 8.44. The van der Waals surface area contributed by atoms with Crippen LogP contribution in [-0.2, 0) is 6.54 Å². The van der Waals surface area contributed by atoms with E-state index in [1.54, 1.807) is 12.5 Å². The van der Waals surface area contributed by atoms with Gasteiger partial charge in [0.2, 0.25) is 0 Å². The molecule has 0 radical (unpaired) electrons. The zero-order valence-electron chi connectivity index (χ0n) is 12.2. The minimum Gasteiger partial charge on any atom is -0.396 e. The van der Waals surface area contributed by atoms with E-state index in [0.29, 0.717) is 0 Å². The summed E-state index contributed by atoms with van der Waals surface area (Å²) in [5, 5.41) is 12.5. The Labute approximate surface area is 120 Å². The quantitative estimate of drug-likeness (QED) is 0.814. The van der Waals surface area contributed by atoms with Gasteiger partial charge in [0.1, 0.15) is 0 Å². The second kappa shape index (κ2) is 6.68. The third kappa shape index (κ3) is 4.18. The highest BCUT2D eigenvalue weighted by Crippen LogP contribution is 2.18. The minimum atomic E-state index is 0.130. The Morgan fingerprint density at radius 3 is 2.60 bits per heavy atom. The Hall–Kier alpha value is -1.65. The highest BCUT2D eigenvalue weighted by atomic mass is 16.3. The van der Waals surface area contributed by atoms with Gasteiger partial charge in [-0.05, 0) is 29.5 Å². The van der Waals surface area contributed by atoms with Crippen molar-refractivity contribution in [2.75, 3.05) is 13.2 Å². The predicted octanol–water partition coefficient (Wildman–Crippen LogP) is 2.37. The first kappa shape index (κ1) is 14.8. The number of hydrogen-bond acceptors (Lipinski definition) is 3. The van der Waals surface area contributed by atoms with E-state index in [-0.39, 0.29) is 12.0 Å². The first-order valence-corrected chi connectivity index (χ1v) is 7.00. The van der Waals surface area contributed by atoms with Gasteiger partial charge in [0.25, 0.3) is 0 Å². The van der Waals surface area contributed by atoms with Crippen LogP contribution < -0.4 is 5.32 Å². The Morgan fingerprint density at radius 2 is 2.00 bits per heavy atom. The molecule has 108 valence electrons. The van der Waals surface area contributed by atoms with Crippen LogP contribution in [0.15, 0.2) is 43.0 Å². The smallest absolute Gasteiger partial charge is 0.0991 e. The molecular formula is C16H23N3O. The molecule has 0 aliphatic carbocycles. The lowest BCUT2D eigenvalue weighted by atomic mass is 9.90. The van der Waals surface area contributed by atoms with Gasteiger partial charge in [-0.15, -0.1) is 0 Å². The second-order valence-corrected chi connectivity index (χ2v) is 5.88. The predicted molar refractivity (Wildman–Crippen MR) is 80.8 cm³/mol. The summed E-state index contributed by atoms with van der Waals surface area (Å²) in [5.41, 5.74) is 2.51. The molecule has 0 saturated heterocycles. The lowest BCUT2D eigenvalue weighted by molar-refractivity contribution is 0.207. The fraction of sp³-hybridized carbons (Fsp3) is 0.438. The van der Waals surface area contributed by atoms with E-state index in [0.717, 1.165) is 25.2 Å². The maximum atomic E-state index is 9.00. The Morgan fingerprint density at radius 1 is 1.25 bits per heavy atom. The van der Waals surface area contributed by atoms with Crippen LogP contribution in [0.25, 0.3) is 5.69 Å². The molecule has 0 spiro atoms. The molecule has 0 amide bonds. The molecule has 1 aromatic carbocycles. The van der Waals surface area contributed by atoms with Gasteiger partial charge in [-0.3, -0.25) is 0 Å². The van der Waals surface area contributed by atoms with Crippen LogP contribution in [0.3, 0.4) is 0 Å². The van der Waals surface area contributed by atoms with E-state index in [4.69, 9.17) is 5.11 Å². The molecule has 20 heavy (non-hydrogen) atoms. The molecule has 2 rings (SSSR count). The van der Waals surface area contributed by atoms with Crippen molar-refractivity contribution in [2.45, 2.75) is 26.8 Å². The van der Waals surface area contributed by atoms with Crippen molar-refractivity contribution in [1.82, 2.24) is 14.9 Å². The van der Waals surface area contributed by atoms with Crippen molar-refractivity contribution >= 4 is 0 Å². The number of nitrogens with one attached hydrogen (secondary N) is 1. The van der Waals surface area contributed by atoms with Crippen molar-refractivity contribution in [1.29, 1.82) is 0 Å². The average Bonchev–Trinajstić information content (AvgIpc) is 2.93. The molecule has 0 atom stereocenters. The fourth-order valence-corrected chi connectivity index (χ4v) is 2.13. The van der Waals surface area contributed by atoms with E-state index < -0.39 is 0 Å². The lowest BCUT2D eigenvalue weighted by Crippen LogP contribution is -2.29. The molecule has 0 bridgehead atoms. The molecule has 1 aromatic heterocycles. The number of nitrogens with zero attached hydrogens (tertiary/aromatic N) is 2. The summed E-state index contributed by atoms with van der Waals surface area (Å²) < 4.78 is 1.99. The van der Waals surface area contributed by atoms with E-state index >= 15 is 0 Å². The third-order valence-electron chi connectivity index (χ3n) is 3.46. The first-order chi connectivity index (χ1) is 9.61. The second-order valence-electron chi connectivity index (χ2n) is 5.88. The Balaban J connectivity index is 1.85. The van der Waals surface area contributed by atoms with Crippen molar-refractivity contribution in [3.8, 4) is 5.69 Å². The van der Waals surface area contributed by atoms with E-state index in [9.17, 15) is 0 Å². The fourth-order valence-electron chi connectivity index (χ4n) is 2.13. The van der Waals surface area contributed by atoms with Gasteiger partial charge in [0.05, 0.1) is 6.33 Å². The van der Waals surface area contributed by atoms with Crippen molar-refractivity contribution in [3.63, 3.8) is 0 Å². The number of aliphatic hydroxyl groups is 1. The maximum absolute atomic E-state index is 9.00. The molecule has 2 aromatic rings. The molecule has 0 saturated carbocycles. The molecule has 1 heterocycles. The van der Waals surface area contributed by atoms with Crippen molar-refractivity contribution in [2.24, 2.45) is 5.41 Å². The highest BCUT2D eigenvalue weighted by molar-refractivity contribution is 5.34. The Bertz CT molecular complexity index is 503. The van der Waals surface area contributed by atoms with Gasteiger partial charge in [0.15, 0.2) is 0 Å². The number of hydrogen-bond donors (Lipinski definition) is 2. The molecular weight excluding hydrogens is 250 g/mol. The standard InChI is InChI=1S/C16H23N3O/c1-16(2,7-10-20)12-18-11-14-3-5-15(6-4-14)19-9-8-17-13-19/h3-6,8-9,13,18,20H,7,10-12H2,1-2H3. The molecule has 0 aliphatic heterocycles. The van der Waals surface area contributed by atoms with Crippen LogP contribution in [0.1, 0.15) is 25.8 Å². The highest BCUT2D eigenvalue weighted by Gasteiger charge is 2.16. The van der Waals surface area contributed by atoms with Crippen LogP contribution in [0.2, 0.25) is 0 Å². The number of rotatable bonds is 7. The van der Waals surface area contributed by atoms with Crippen LogP contribution in [0.4, 0.5) is 0 Å². The van der Waals surface area contributed by atoms with Gasteiger partial charge in [-0.2, -0.15) is 0 Å². The van der Waals surface area contributed by atoms with Crippen molar-refractivity contribution < 1.29 is 5.11 Å². The molecule has 4 nitrogen and oxygen atoms in total. The molecule has 4 heteroatoms. The van der Waals surface area contributed by atoms with Crippen LogP contribution >= 0.6 is 0 Å². The SMILES string of the molecule is CC(C)(CCO)CNCc1ccc(-n2ccnc2)cc1. The topological polar surface area (TPSA) is 50.1 Å². The summed E-state index contributed by atoms with van der Waals surface area (Å²) in [5.74, 6) is 0.